The van der Waals surface area contributed by atoms with Crippen molar-refractivity contribution >= 4 is 17.3 Å². The molecule has 1 N–H and O–H groups in total. The monoisotopic (exact) mass is 255 g/mol. The van der Waals surface area contributed by atoms with Crippen LogP contribution in [0, 0.1) is 5.92 Å². The van der Waals surface area contributed by atoms with Gasteiger partial charge in [0.05, 0.1) is 11.9 Å². The molecule has 1 aromatic heterocycles. The maximum atomic E-state index is 11.8. The standard InChI is InChI=1S/C12H18ClN3O/c1-3-16-12(17)11(13)10(7-14-16)15-8(2)9-5-4-6-9/h7-9,15H,3-6H2,1-2H3. The summed E-state index contributed by atoms with van der Waals surface area (Å²) in [5, 5.41) is 7.61. The summed E-state index contributed by atoms with van der Waals surface area (Å²) in [6.07, 6.45) is 5.46. The van der Waals surface area contributed by atoms with Gasteiger partial charge >= 0.3 is 0 Å². The number of nitrogens with zero attached hydrogens (tertiary/aromatic N) is 2. The Kier molecular flexibility index (Phi) is 3.72. The van der Waals surface area contributed by atoms with E-state index in [-0.39, 0.29) is 10.6 Å². The zero-order valence-electron chi connectivity index (χ0n) is 10.2. The highest BCUT2D eigenvalue weighted by Gasteiger charge is 2.24. The van der Waals surface area contributed by atoms with Crippen LogP contribution in [-0.4, -0.2) is 15.8 Å². The van der Waals surface area contributed by atoms with E-state index >= 15 is 0 Å². The Morgan fingerprint density at radius 3 is 2.88 bits per heavy atom. The number of aryl methyl sites for hydroxylation is 1. The molecule has 1 unspecified atom stereocenters. The highest BCUT2D eigenvalue weighted by Crippen LogP contribution is 2.31. The molecule has 0 spiro atoms. The number of nitrogens with one attached hydrogen (secondary N) is 1. The SMILES string of the molecule is CCn1ncc(NC(C)C2CCC2)c(Cl)c1=O. The molecule has 2 rings (SSSR count). The minimum absolute atomic E-state index is 0.222. The summed E-state index contributed by atoms with van der Waals surface area (Å²) in [5.74, 6) is 0.694. The van der Waals surface area contributed by atoms with Crippen LogP contribution < -0.4 is 10.9 Å². The topological polar surface area (TPSA) is 46.9 Å². The van der Waals surface area contributed by atoms with Crippen molar-refractivity contribution in [1.82, 2.24) is 9.78 Å². The molecule has 1 aliphatic rings. The third-order valence-corrected chi connectivity index (χ3v) is 3.89. The third kappa shape index (κ3) is 2.46. The van der Waals surface area contributed by atoms with Gasteiger partial charge < -0.3 is 5.32 Å². The average molecular weight is 256 g/mol. The van der Waals surface area contributed by atoms with Crippen LogP contribution in [0.15, 0.2) is 11.0 Å². The largest absolute Gasteiger partial charge is 0.380 e. The molecule has 1 atom stereocenters. The van der Waals surface area contributed by atoms with Crippen molar-refractivity contribution in [2.24, 2.45) is 5.92 Å². The molecule has 0 bridgehead atoms. The van der Waals surface area contributed by atoms with Crippen molar-refractivity contribution < 1.29 is 0 Å². The maximum Gasteiger partial charge on any atom is 0.287 e. The van der Waals surface area contributed by atoms with E-state index in [1.54, 1.807) is 6.20 Å². The second kappa shape index (κ2) is 5.08. The van der Waals surface area contributed by atoms with Gasteiger partial charge in [-0.05, 0) is 32.6 Å². The van der Waals surface area contributed by atoms with E-state index < -0.39 is 0 Å². The summed E-state index contributed by atoms with van der Waals surface area (Å²) in [4.78, 5) is 11.8. The zero-order valence-corrected chi connectivity index (χ0v) is 11.0. The summed E-state index contributed by atoms with van der Waals surface area (Å²) in [6.45, 7) is 4.54. The number of anilines is 1. The fourth-order valence-corrected chi connectivity index (χ4v) is 2.29. The van der Waals surface area contributed by atoms with Crippen LogP contribution in [0.2, 0.25) is 5.02 Å². The summed E-state index contributed by atoms with van der Waals surface area (Å²) in [7, 11) is 0. The van der Waals surface area contributed by atoms with E-state index in [1.165, 1.54) is 23.9 Å². The molecule has 5 heteroatoms. The highest BCUT2D eigenvalue weighted by molar-refractivity contribution is 6.32. The Hall–Kier alpha value is -1.03. The fourth-order valence-electron chi connectivity index (χ4n) is 2.09. The highest BCUT2D eigenvalue weighted by atomic mass is 35.5. The van der Waals surface area contributed by atoms with Crippen LogP contribution in [0.25, 0.3) is 0 Å². The van der Waals surface area contributed by atoms with Crippen molar-refractivity contribution in [3.63, 3.8) is 0 Å². The van der Waals surface area contributed by atoms with Gasteiger partial charge in [0.1, 0.15) is 5.02 Å². The molecular formula is C12H18ClN3O. The minimum atomic E-state index is -0.222. The van der Waals surface area contributed by atoms with Crippen molar-refractivity contribution in [2.45, 2.75) is 45.7 Å². The third-order valence-electron chi connectivity index (χ3n) is 3.52. The van der Waals surface area contributed by atoms with Crippen LogP contribution in [0.5, 0.6) is 0 Å². The number of aromatic nitrogens is 2. The number of hydrogen-bond donors (Lipinski definition) is 1. The van der Waals surface area contributed by atoms with E-state index in [0.717, 1.165) is 0 Å². The Labute approximate surface area is 106 Å². The van der Waals surface area contributed by atoms with E-state index in [0.29, 0.717) is 24.2 Å². The maximum absolute atomic E-state index is 11.8. The zero-order chi connectivity index (χ0) is 12.4. The fraction of sp³-hybridized carbons (Fsp3) is 0.667. The summed E-state index contributed by atoms with van der Waals surface area (Å²) >= 11 is 6.05. The summed E-state index contributed by atoms with van der Waals surface area (Å²) < 4.78 is 1.36. The molecule has 94 valence electrons. The predicted octanol–water partition coefficient (Wildman–Crippen LogP) is 2.52. The molecule has 1 aliphatic carbocycles. The van der Waals surface area contributed by atoms with E-state index in [2.05, 4.69) is 17.3 Å². The molecule has 0 radical (unpaired) electrons. The molecule has 0 aliphatic heterocycles. The van der Waals surface area contributed by atoms with Crippen molar-refractivity contribution in [3.8, 4) is 0 Å². The molecule has 1 aromatic rings. The first-order chi connectivity index (χ1) is 8.13. The lowest BCUT2D eigenvalue weighted by Gasteiger charge is -2.32. The lowest BCUT2D eigenvalue weighted by Crippen LogP contribution is -2.32. The Bertz CT molecular complexity index is 454. The first-order valence-corrected chi connectivity index (χ1v) is 6.53. The van der Waals surface area contributed by atoms with Crippen LogP contribution in [-0.2, 0) is 6.54 Å². The quantitative estimate of drug-likeness (QED) is 0.899. The van der Waals surface area contributed by atoms with Gasteiger partial charge in [0.2, 0.25) is 0 Å². The Morgan fingerprint density at radius 1 is 1.65 bits per heavy atom. The van der Waals surface area contributed by atoms with Gasteiger partial charge in [-0.3, -0.25) is 4.79 Å². The molecule has 0 saturated heterocycles. The average Bonchev–Trinajstić information content (AvgIpc) is 2.23. The van der Waals surface area contributed by atoms with Crippen LogP contribution >= 0.6 is 11.6 Å². The summed E-state index contributed by atoms with van der Waals surface area (Å²) in [5.41, 5.74) is 0.431. The molecule has 1 heterocycles. The van der Waals surface area contributed by atoms with Crippen molar-refractivity contribution in [2.75, 3.05) is 5.32 Å². The minimum Gasteiger partial charge on any atom is -0.380 e. The number of hydrogen-bond acceptors (Lipinski definition) is 3. The van der Waals surface area contributed by atoms with Crippen LogP contribution in [0.1, 0.15) is 33.1 Å². The smallest absolute Gasteiger partial charge is 0.287 e. The van der Waals surface area contributed by atoms with Crippen LogP contribution in [0.3, 0.4) is 0 Å². The lowest BCUT2D eigenvalue weighted by atomic mass is 9.80. The van der Waals surface area contributed by atoms with E-state index in [4.69, 9.17) is 11.6 Å². The first kappa shape index (κ1) is 12.4. The summed E-state index contributed by atoms with van der Waals surface area (Å²) in [6, 6.07) is 0.347. The number of halogens is 1. The Balaban J connectivity index is 2.15. The number of rotatable bonds is 4. The van der Waals surface area contributed by atoms with Gasteiger partial charge in [0, 0.05) is 12.6 Å². The van der Waals surface area contributed by atoms with Gasteiger partial charge in [0.15, 0.2) is 0 Å². The molecule has 1 saturated carbocycles. The first-order valence-electron chi connectivity index (χ1n) is 6.15. The normalized spacial score (nSPS) is 17.6. The van der Waals surface area contributed by atoms with Gasteiger partial charge in [-0.25, -0.2) is 4.68 Å². The van der Waals surface area contributed by atoms with Gasteiger partial charge in [0.25, 0.3) is 5.56 Å². The van der Waals surface area contributed by atoms with Gasteiger partial charge in [-0.1, -0.05) is 18.0 Å². The molecule has 17 heavy (non-hydrogen) atoms. The molecular weight excluding hydrogens is 238 g/mol. The van der Waals surface area contributed by atoms with Gasteiger partial charge in [-0.2, -0.15) is 5.10 Å². The van der Waals surface area contributed by atoms with Crippen molar-refractivity contribution in [3.05, 3.63) is 21.6 Å². The Morgan fingerprint density at radius 2 is 2.35 bits per heavy atom. The molecule has 4 nitrogen and oxygen atoms in total. The van der Waals surface area contributed by atoms with Gasteiger partial charge in [-0.15, -0.1) is 0 Å². The molecule has 1 fully saturated rings. The van der Waals surface area contributed by atoms with E-state index in [1.807, 2.05) is 6.92 Å². The lowest BCUT2D eigenvalue weighted by molar-refractivity contribution is 0.285. The van der Waals surface area contributed by atoms with Crippen molar-refractivity contribution in [1.29, 1.82) is 0 Å². The van der Waals surface area contributed by atoms with Crippen LogP contribution in [0.4, 0.5) is 5.69 Å². The van der Waals surface area contributed by atoms with E-state index in [9.17, 15) is 4.79 Å². The second-order valence-electron chi connectivity index (χ2n) is 4.62. The predicted molar refractivity (Wildman–Crippen MR) is 69.6 cm³/mol. The second-order valence-corrected chi connectivity index (χ2v) is 5.00. The molecule has 0 aromatic carbocycles. The molecule has 0 amide bonds.